The van der Waals surface area contributed by atoms with Crippen LogP contribution in [-0.2, 0) is 25.7 Å². The molecule has 0 aliphatic heterocycles. The smallest absolute Gasteiger partial charge is 0.402 e. The Balaban J connectivity index is 0.000000189. The summed E-state index contributed by atoms with van der Waals surface area (Å²) in [5.41, 5.74) is 1.38. The van der Waals surface area contributed by atoms with Gasteiger partial charge in [-0.1, -0.05) is 91.0 Å². The molecule has 5 aromatic rings. The highest BCUT2D eigenvalue weighted by molar-refractivity contribution is 7.97. The van der Waals surface area contributed by atoms with Gasteiger partial charge in [0.15, 0.2) is 21.3 Å². The maximum atomic E-state index is 13.0. The van der Waals surface area contributed by atoms with Gasteiger partial charge in [-0.25, -0.2) is 4.79 Å². The number of benzene rings is 5. The van der Waals surface area contributed by atoms with E-state index in [1.54, 1.807) is 36.4 Å². The van der Waals surface area contributed by atoms with Crippen molar-refractivity contribution in [2.75, 3.05) is 6.61 Å². The second-order valence-electron chi connectivity index (χ2n) is 8.91. The lowest BCUT2D eigenvalue weighted by Crippen LogP contribution is -2.34. The Bertz CT molecular complexity index is 1680. The van der Waals surface area contributed by atoms with E-state index in [9.17, 15) is 22.0 Å². The van der Waals surface area contributed by atoms with Gasteiger partial charge in [0.2, 0.25) is 0 Å². The highest BCUT2D eigenvalue weighted by Crippen LogP contribution is 2.32. The van der Waals surface area contributed by atoms with Crippen LogP contribution < -0.4 is 0 Å². The standard InChI is InChI=1S/C19H17S.C13H10F2O5S/c1-16-10-8-9-15-19(16)20(17-11-4-2-5-12-17)18-13-6-3-7-14-18;14-13(15,21(17,18)19)8-20-12(16)11-7-3-5-9-4-1-2-6-10(9)11/h2-15H,1H3;1-7H,8H2,(H,17,18,19)/q+1;. The Labute approximate surface area is 240 Å². The van der Waals surface area contributed by atoms with Crippen molar-refractivity contribution in [2.24, 2.45) is 0 Å². The lowest BCUT2D eigenvalue weighted by molar-refractivity contribution is -0.00937. The van der Waals surface area contributed by atoms with Crippen LogP contribution in [0, 0.1) is 6.92 Å². The van der Waals surface area contributed by atoms with Crippen molar-refractivity contribution in [1.82, 2.24) is 0 Å². The molecule has 9 heteroatoms. The predicted octanol–water partition coefficient (Wildman–Crippen LogP) is 7.57. The molecule has 0 saturated carbocycles. The van der Waals surface area contributed by atoms with Crippen LogP contribution in [0.4, 0.5) is 8.78 Å². The molecule has 0 aromatic heterocycles. The molecule has 1 N–H and O–H groups in total. The van der Waals surface area contributed by atoms with Gasteiger partial charge in [-0.05, 0) is 54.1 Å². The number of carbonyl (C=O) groups is 1. The minimum atomic E-state index is -5.63. The number of halogens is 2. The molecule has 5 nitrogen and oxygen atoms in total. The van der Waals surface area contributed by atoms with E-state index in [1.165, 1.54) is 26.3 Å². The van der Waals surface area contributed by atoms with Gasteiger partial charge in [-0.2, -0.15) is 17.2 Å². The van der Waals surface area contributed by atoms with Crippen LogP contribution >= 0.6 is 0 Å². The van der Waals surface area contributed by atoms with E-state index in [2.05, 4.69) is 96.6 Å². The van der Waals surface area contributed by atoms with Crippen LogP contribution in [0.1, 0.15) is 15.9 Å². The van der Waals surface area contributed by atoms with Crippen molar-refractivity contribution >= 4 is 37.8 Å². The molecule has 0 amide bonds. The topological polar surface area (TPSA) is 80.7 Å². The molecule has 5 aromatic carbocycles. The number of rotatable bonds is 7. The van der Waals surface area contributed by atoms with Crippen LogP contribution in [0.15, 0.2) is 142 Å². The van der Waals surface area contributed by atoms with Crippen molar-refractivity contribution < 1.29 is 31.3 Å². The number of aryl methyl sites for hydroxylation is 1. The quantitative estimate of drug-likeness (QED) is 0.120. The van der Waals surface area contributed by atoms with Gasteiger partial charge in [0.25, 0.3) is 0 Å². The zero-order valence-corrected chi connectivity index (χ0v) is 23.6. The van der Waals surface area contributed by atoms with Crippen LogP contribution in [0.2, 0.25) is 0 Å². The second-order valence-corrected chi connectivity index (χ2v) is 12.5. The van der Waals surface area contributed by atoms with E-state index < -0.39 is 27.9 Å². The molecule has 0 atom stereocenters. The maximum Gasteiger partial charge on any atom is 0.402 e. The molecule has 5 rings (SSSR count). The minimum Gasteiger partial charge on any atom is -0.454 e. The first-order valence-corrected chi connectivity index (χ1v) is 15.1. The summed E-state index contributed by atoms with van der Waals surface area (Å²) in [6, 6.07) is 41.6. The van der Waals surface area contributed by atoms with Gasteiger partial charge in [0.05, 0.1) is 16.5 Å². The normalized spacial score (nSPS) is 11.5. The Morgan fingerprint density at radius 3 is 1.85 bits per heavy atom. The lowest BCUT2D eigenvalue weighted by Gasteiger charge is -2.13. The average Bonchev–Trinajstić information content (AvgIpc) is 2.98. The number of hydrogen-bond donors (Lipinski definition) is 1. The van der Waals surface area contributed by atoms with E-state index >= 15 is 0 Å². The molecule has 0 unspecified atom stereocenters. The molecule has 0 fully saturated rings. The largest absolute Gasteiger partial charge is 0.454 e. The van der Waals surface area contributed by atoms with Gasteiger partial charge < -0.3 is 4.74 Å². The van der Waals surface area contributed by atoms with E-state index in [1.807, 2.05) is 0 Å². The first kappa shape index (κ1) is 29.9. The van der Waals surface area contributed by atoms with Crippen LogP contribution in [0.3, 0.4) is 0 Å². The number of esters is 1. The summed E-state index contributed by atoms with van der Waals surface area (Å²) >= 11 is 0. The molecule has 0 spiro atoms. The number of alkyl halides is 2. The van der Waals surface area contributed by atoms with Crippen molar-refractivity contribution in [3.8, 4) is 0 Å². The van der Waals surface area contributed by atoms with Crippen molar-refractivity contribution in [3.05, 3.63) is 139 Å². The molecule has 0 aliphatic rings. The third-order valence-corrected chi connectivity index (χ3v) is 9.29. The van der Waals surface area contributed by atoms with Crippen LogP contribution in [0.5, 0.6) is 0 Å². The average molecular weight is 594 g/mol. The number of carbonyl (C=O) groups excluding carboxylic acids is 1. The first-order chi connectivity index (χ1) is 19.6. The van der Waals surface area contributed by atoms with E-state index in [0.717, 1.165) is 0 Å². The van der Waals surface area contributed by atoms with Crippen LogP contribution in [-0.4, -0.2) is 30.8 Å². The number of hydrogen-bond acceptors (Lipinski definition) is 4. The van der Waals surface area contributed by atoms with Gasteiger partial charge in [0, 0.05) is 5.56 Å². The molecule has 0 heterocycles. The fourth-order valence-electron chi connectivity index (χ4n) is 3.99. The third kappa shape index (κ3) is 7.38. The minimum absolute atomic E-state index is 0.0262. The molecule has 0 bridgehead atoms. The van der Waals surface area contributed by atoms with Crippen LogP contribution in [0.25, 0.3) is 10.8 Å². The Morgan fingerprint density at radius 2 is 1.27 bits per heavy atom. The molecule has 210 valence electrons. The Morgan fingerprint density at radius 1 is 0.756 bits per heavy atom. The summed E-state index contributed by atoms with van der Waals surface area (Å²) in [6.07, 6.45) is 0. The van der Waals surface area contributed by atoms with Gasteiger partial charge in [-0.15, -0.1) is 0 Å². The van der Waals surface area contributed by atoms with Crippen molar-refractivity contribution in [2.45, 2.75) is 26.9 Å². The molecular formula is C32H27F2O5S2+. The van der Waals surface area contributed by atoms with Crippen molar-refractivity contribution in [1.29, 1.82) is 0 Å². The van der Waals surface area contributed by atoms with Gasteiger partial charge >= 0.3 is 21.3 Å². The van der Waals surface area contributed by atoms with E-state index in [-0.39, 0.29) is 16.5 Å². The number of ether oxygens (including phenoxy) is 1. The maximum absolute atomic E-state index is 13.0. The summed E-state index contributed by atoms with van der Waals surface area (Å²) in [5, 5.41) is -3.36. The summed E-state index contributed by atoms with van der Waals surface area (Å²) in [6.45, 7) is 0.440. The van der Waals surface area contributed by atoms with E-state index in [0.29, 0.717) is 10.8 Å². The van der Waals surface area contributed by atoms with E-state index in [4.69, 9.17) is 4.55 Å². The summed E-state index contributed by atoms with van der Waals surface area (Å²) in [4.78, 5) is 15.9. The third-order valence-electron chi connectivity index (χ3n) is 6.03. The molecule has 0 saturated heterocycles. The van der Waals surface area contributed by atoms with Gasteiger partial charge in [0.1, 0.15) is 0 Å². The van der Waals surface area contributed by atoms with Gasteiger partial charge in [-0.3, -0.25) is 4.55 Å². The highest BCUT2D eigenvalue weighted by atomic mass is 32.2. The summed E-state index contributed by atoms with van der Waals surface area (Å²) < 4.78 is 59.5. The molecule has 0 aliphatic carbocycles. The summed E-state index contributed by atoms with van der Waals surface area (Å²) in [5.74, 6) is -1.10. The monoisotopic (exact) mass is 593 g/mol. The molecular weight excluding hydrogens is 566 g/mol. The SMILES string of the molecule is Cc1ccccc1[S+](c1ccccc1)c1ccccc1.O=C(OCC(F)(F)S(=O)(=O)O)c1cccc2ccccc12. The number of fused-ring (bicyclic) bond motifs is 1. The first-order valence-electron chi connectivity index (χ1n) is 12.5. The molecule has 0 radical (unpaired) electrons. The highest BCUT2D eigenvalue weighted by Gasteiger charge is 2.45. The Hall–Kier alpha value is -4.05. The fourth-order valence-corrected chi connectivity index (χ4v) is 6.44. The predicted molar refractivity (Wildman–Crippen MR) is 157 cm³/mol. The molecule has 41 heavy (non-hydrogen) atoms. The zero-order chi connectivity index (χ0) is 29.5. The summed E-state index contributed by atoms with van der Waals surface area (Å²) in [7, 11) is -5.66. The second kappa shape index (κ2) is 13.1. The Kier molecular flexibility index (Phi) is 9.54. The van der Waals surface area contributed by atoms with Crippen molar-refractivity contribution in [3.63, 3.8) is 0 Å². The zero-order valence-electron chi connectivity index (χ0n) is 22.0. The lowest BCUT2D eigenvalue weighted by atomic mass is 10.1. The fraction of sp³-hybridized carbons (Fsp3) is 0.0938.